The minimum atomic E-state index is -0.149. The van der Waals surface area contributed by atoms with Crippen LogP contribution in [0.1, 0.15) is 34.6 Å². The van der Waals surface area contributed by atoms with Crippen molar-refractivity contribution in [2.75, 3.05) is 6.26 Å². The first-order valence-electron chi connectivity index (χ1n) is 6.58. The number of amides is 1. The van der Waals surface area contributed by atoms with Gasteiger partial charge in [0.1, 0.15) is 5.15 Å². The molecule has 0 saturated carbocycles. The van der Waals surface area contributed by atoms with Gasteiger partial charge >= 0.3 is 0 Å². The summed E-state index contributed by atoms with van der Waals surface area (Å²) in [5, 5.41) is 3.30. The summed E-state index contributed by atoms with van der Waals surface area (Å²) in [6, 6.07) is 11.4. The second kappa shape index (κ2) is 6.96. The lowest BCUT2D eigenvalue weighted by Gasteiger charge is -2.15. The number of nitrogens with one attached hydrogen (secondary N) is 1. The van der Waals surface area contributed by atoms with E-state index < -0.39 is 0 Å². The highest BCUT2D eigenvalue weighted by atomic mass is 35.5. The average Bonchev–Trinajstić information content (AvgIpc) is 2.46. The third kappa shape index (κ3) is 4.22. The van der Waals surface area contributed by atoms with Gasteiger partial charge in [-0.15, -0.1) is 11.8 Å². The fourth-order valence-electron chi connectivity index (χ4n) is 2.02. The Morgan fingerprint density at radius 3 is 2.52 bits per heavy atom. The molecule has 1 amide bonds. The molecule has 2 rings (SSSR count). The second-order valence-electron chi connectivity index (χ2n) is 4.79. The van der Waals surface area contributed by atoms with E-state index in [1.807, 2.05) is 32.2 Å². The minimum Gasteiger partial charge on any atom is -0.346 e. The minimum absolute atomic E-state index is 0.0688. The third-order valence-electron chi connectivity index (χ3n) is 3.15. The van der Waals surface area contributed by atoms with Crippen LogP contribution in [0.15, 0.2) is 41.3 Å². The van der Waals surface area contributed by atoms with E-state index in [4.69, 9.17) is 11.6 Å². The van der Waals surface area contributed by atoms with E-state index >= 15 is 0 Å². The summed E-state index contributed by atoms with van der Waals surface area (Å²) in [5.74, 6) is -0.149. The molecular formula is C16H17ClN2OS. The van der Waals surface area contributed by atoms with Crippen molar-refractivity contribution in [3.8, 4) is 0 Å². The van der Waals surface area contributed by atoms with Crippen LogP contribution >= 0.6 is 23.4 Å². The molecule has 0 radical (unpaired) electrons. The van der Waals surface area contributed by atoms with Gasteiger partial charge in [-0.05, 0) is 49.9 Å². The number of carbonyl (C=O) groups excluding carboxylic acids is 1. The summed E-state index contributed by atoms with van der Waals surface area (Å²) in [6.45, 7) is 3.77. The van der Waals surface area contributed by atoms with Crippen molar-refractivity contribution in [2.45, 2.75) is 24.8 Å². The van der Waals surface area contributed by atoms with Gasteiger partial charge in [0.2, 0.25) is 0 Å². The van der Waals surface area contributed by atoms with Gasteiger partial charge in [-0.1, -0.05) is 23.7 Å². The summed E-state index contributed by atoms with van der Waals surface area (Å²) >= 11 is 7.58. The smallest absolute Gasteiger partial charge is 0.251 e. The zero-order valence-electron chi connectivity index (χ0n) is 12.2. The van der Waals surface area contributed by atoms with Gasteiger partial charge in [-0.25, -0.2) is 4.98 Å². The van der Waals surface area contributed by atoms with Crippen LogP contribution in [0.4, 0.5) is 0 Å². The van der Waals surface area contributed by atoms with Gasteiger partial charge < -0.3 is 5.32 Å². The zero-order valence-corrected chi connectivity index (χ0v) is 13.8. The van der Waals surface area contributed by atoms with Crippen LogP contribution in [0.25, 0.3) is 0 Å². The van der Waals surface area contributed by atoms with Crippen molar-refractivity contribution >= 4 is 29.3 Å². The maximum atomic E-state index is 12.3. The first kappa shape index (κ1) is 15.9. The molecular weight excluding hydrogens is 304 g/mol. The first-order valence-corrected chi connectivity index (χ1v) is 8.19. The first-order chi connectivity index (χ1) is 9.99. The Labute approximate surface area is 134 Å². The van der Waals surface area contributed by atoms with E-state index in [0.717, 1.165) is 11.3 Å². The lowest BCUT2D eigenvalue weighted by Crippen LogP contribution is -2.26. The molecule has 0 bridgehead atoms. The molecule has 1 aromatic carbocycles. The molecule has 1 unspecified atom stereocenters. The van der Waals surface area contributed by atoms with Crippen molar-refractivity contribution in [1.29, 1.82) is 0 Å². The lowest BCUT2D eigenvalue weighted by atomic mass is 10.1. The Bertz CT molecular complexity index is 623. The maximum Gasteiger partial charge on any atom is 0.251 e. The van der Waals surface area contributed by atoms with Gasteiger partial charge in [0.15, 0.2) is 0 Å². The number of thioether (sulfide) groups is 1. The Morgan fingerprint density at radius 2 is 1.95 bits per heavy atom. The van der Waals surface area contributed by atoms with Gasteiger partial charge in [0.25, 0.3) is 5.91 Å². The van der Waals surface area contributed by atoms with E-state index in [1.54, 1.807) is 23.9 Å². The van der Waals surface area contributed by atoms with Gasteiger partial charge in [0, 0.05) is 16.2 Å². The number of aromatic nitrogens is 1. The number of benzene rings is 1. The van der Waals surface area contributed by atoms with Crippen molar-refractivity contribution in [2.24, 2.45) is 0 Å². The van der Waals surface area contributed by atoms with Crippen LogP contribution in [0.2, 0.25) is 5.15 Å². The Hall–Kier alpha value is -1.52. The SMILES string of the molecule is CSc1ccc(C(C)NC(=O)c2cc(C)nc(Cl)c2)cc1. The average molecular weight is 321 g/mol. The predicted octanol–water partition coefficient (Wildman–Crippen LogP) is 4.26. The summed E-state index contributed by atoms with van der Waals surface area (Å²) in [4.78, 5) is 17.5. The van der Waals surface area contributed by atoms with Gasteiger partial charge in [-0.2, -0.15) is 0 Å². The quantitative estimate of drug-likeness (QED) is 0.676. The molecule has 5 heteroatoms. The van der Waals surface area contributed by atoms with Crippen LogP contribution in [-0.4, -0.2) is 17.1 Å². The molecule has 0 aliphatic rings. The molecule has 21 heavy (non-hydrogen) atoms. The standard InChI is InChI=1S/C16H17ClN2OS/c1-10-8-13(9-15(17)18-10)16(20)19-11(2)12-4-6-14(21-3)7-5-12/h4-9,11H,1-3H3,(H,19,20). The van der Waals surface area contributed by atoms with Crippen LogP contribution in [0.3, 0.4) is 0 Å². The summed E-state index contributed by atoms with van der Waals surface area (Å²) in [6.07, 6.45) is 2.04. The van der Waals surface area contributed by atoms with Crippen LogP contribution in [0, 0.1) is 6.92 Å². The number of aryl methyl sites for hydroxylation is 1. The van der Waals surface area contributed by atoms with Crippen molar-refractivity contribution in [3.05, 3.63) is 58.4 Å². The molecule has 2 aromatic rings. The molecule has 0 fully saturated rings. The normalized spacial score (nSPS) is 12.0. The zero-order chi connectivity index (χ0) is 15.4. The van der Waals surface area contributed by atoms with E-state index in [2.05, 4.69) is 22.4 Å². The molecule has 0 aliphatic heterocycles. The molecule has 0 spiro atoms. The fourth-order valence-corrected chi connectivity index (χ4v) is 2.67. The Kier molecular flexibility index (Phi) is 5.26. The monoisotopic (exact) mass is 320 g/mol. The highest BCUT2D eigenvalue weighted by molar-refractivity contribution is 7.98. The number of nitrogens with zero attached hydrogens (tertiary/aromatic N) is 1. The molecule has 110 valence electrons. The highest BCUT2D eigenvalue weighted by Gasteiger charge is 2.12. The fraction of sp³-hybridized carbons (Fsp3) is 0.250. The second-order valence-corrected chi connectivity index (χ2v) is 6.06. The topological polar surface area (TPSA) is 42.0 Å². The Morgan fingerprint density at radius 1 is 1.29 bits per heavy atom. The van der Waals surface area contributed by atoms with Crippen molar-refractivity contribution < 1.29 is 4.79 Å². The Balaban J connectivity index is 2.10. The molecule has 1 N–H and O–H groups in total. The van der Waals surface area contributed by atoms with Crippen LogP contribution in [-0.2, 0) is 0 Å². The van der Waals surface area contributed by atoms with Crippen LogP contribution in [0.5, 0.6) is 0 Å². The van der Waals surface area contributed by atoms with Crippen molar-refractivity contribution in [1.82, 2.24) is 10.3 Å². The van der Waals surface area contributed by atoms with E-state index in [-0.39, 0.29) is 11.9 Å². The largest absolute Gasteiger partial charge is 0.346 e. The molecule has 1 atom stereocenters. The number of hydrogen-bond acceptors (Lipinski definition) is 3. The van der Waals surface area contributed by atoms with E-state index in [9.17, 15) is 4.79 Å². The predicted molar refractivity (Wildman–Crippen MR) is 88.1 cm³/mol. The van der Waals surface area contributed by atoms with Gasteiger partial charge in [-0.3, -0.25) is 4.79 Å². The maximum absolute atomic E-state index is 12.3. The van der Waals surface area contributed by atoms with E-state index in [0.29, 0.717) is 10.7 Å². The highest BCUT2D eigenvalue weighted by Crippen LogP contribution is 2.19. The number of halogens is 1. The van der Waals surface area contributed by atoms with Crippen LogP contribution < -0.4 is 5.32 Å². The molecule has 1 aromatic heterocycles. The number of rotatable bonds is 4. The third-order valence-corrected chi connectivity index (χ3v) is 4.08. The van der Waals surface area contributed by atoms with E-state index in [1.165, 1.54) is 4.90 Å². The molecule has 0 aliphatic carbocycles. The number of pyridine rings is 1. The number of carbonyl (C=O) groups is 1. The summed E-state index contributed by atoms with van der Waals surface area (Å²) < 4.78 is 0. The van der Waals surface area contributed by atoms with Gasteiger partial charge in [0.05, 0.1) is 6.04 Å². The molecule has 3 nitrogen and oxygen atoms in total. The summed E-state index contributed by atoms with van der Waals surface area (Å²) in [5.41, 5.74) is 2.32. The summed E-state index contributed by atoms with van der Waals surface area (Å²) in [7, 11) is 0. The molecule has 0 saturated heterocycles. The molecule has 1 heterocycles. The number of hydrogen-bond donors (Lipinski definition) is 1. The van der Waals surface area contributed by atoms with Crippen molar-refractivity contribution in [3.63, 3.8) is 0 Å². The lowest BCUT2D eigenvalue weighted by molar-refractivity contribution is 0.0939.